The van der Waals surface area contributed by atoms with Crippen molar-refractivity contribution in [3.63, 3.8) is 0 Å². The van der Waals surface area contributed by atoms with Crippen LogP contribution in [-0.4, -0.2) is 133 Å². The fraction of sp³-hybridized carbons (Fsp3) is 0.333. The first-order valence-electron chi connectivity index (χ1n) is 33.5. The van der Waals surface area contributed by atoms with Crippen LogP contribution in [0.15, 0.2) is 110 Å². The van der Waals surface area contributed by atoms with Crippen molar-refractivity contribution in [2.75, 3.05) is 34.4 Å². The molecular formula is C72H69Cl3F3N21O7. The number of aryl methyl sites for hydroxylation is 3. The number of hydrogen-bond donors (Lipinski definition) is 11. The number of pyridine rings is 3. The lowest BCUT2D eigenvalue weighted by atomic mass is 9.77. The second kappa shape index (κ2) is 27.4. The predicted molar refractivity (Wildman–Crippen MR) is 392 cm³/mol. The number of aliphatic hydroxyl groups excluding tert-OH is 4. The lowest BCUT2D eigenvalue weighted by Crippen LogP contribution is -2.46. The van der Waals surface area contributed by atoms with Crippen LogP contribution in [0.5, 0.6) is 0 Å². The van der Waals surface area contributed by atoms with Gasteiger partial charge in [-0.15, -0.1) is 0 Å². The minimum Gasteiger partial charge on any atom is -0.389 e. The quantitative estimate of drug-likeness (QED) is 0.0479. The SMILES string of the molecule is CC1(C)O[C@H]2[C@H](n3ccc4c(N)ncnc43)C[C@](C#N)(CCc3cc(F)c4cc(Cl)c(N)nc4c3)[C@H]2O1.NC(=O)[C@]1(CCc2cc(F)c3cc(Cl)c(N)nc3c2)C[C@@H](n2ccc3c(N)ncnc32)[C@H](O)[C@@H]1O.[C-]#[N+][C@]1(CCc2cc(F)c3cc(Cl)c(N)nc3c2)C[C@@H](n2ccc3c(N)ncnc32)[C@H](O)[C@@H]1O. The van der Waals surface area contributed by atoms with E-state index in [1.54, 1.807) is 51.9 Å². The van der Waals surface area contributed by atoms with Gasteiger partial charge in [0.15, 0.2) is 11.9 Å². The van der Waals surface area contributed by atoms with Gasteiger partial charge in [-0.2, -0.15) is 5.26 Å². The normalized spacial score (nSPS) is 25.2. The van der Waals surface area contributed by atoms with Crippen LogP contribution in [0, 0.1) is 46.2 Å². The van der Waals surface area contributed by atoms with Crippen LogP contribution < -0.4 is 40.1 Å². The van der Waals surface area contributed by atoms with Crippen molar-refractivity contribution in [3.8, 4) is 6.07 Å². The number of nitrogens with zero attached hydrogens (tertiary/aromatic N) is 14. The summed E-state index contributed by atoms with van der Waals surface area (Å²) in [5.74, 6) is -1.80. The fourth-order valence-electron chi connectivity index (χ4n) is 15.8. The van der Waals surface area contributed by atoms with Crippen molar-refractivity contribution >= 4 is 141 Å². The number of hydrogen-bond acceptors (Lipinski definition) is 23. The largest absolute Gasteiger partial charge is 0.389 e. The molecule has 1 amide bonds. The van der Waals surface area contributed by atoms with E-state index in [1.165, 1.54) is 55.4 Å². The number of amides is 1. The highest BCUT2D eigenvalue weighted by Crippen LogP contribution is 2.56. The monoisotopic (exact) mass is 1500 g/mol. The molecule has 18 N–H and O–H groups in total. The summed E-state index contributed by atoms with van der Waals surface area (Å²) in [7, 11) is 0. The van der Waals surface area contributed by atoms with E-state index in [9.17, 15) is 43.7 Å². The molecule has 0 radical (unpaired) electrons. The third-order valence-electron chi connectivity index (χ3n) is 21.3. The zero-order chi connectivity index (χ0) is 75.4. The molecule has 1 saturated heterocycles. The molecule has 0 spiro atoms. The van der Waals surface area contributed by atoms with Crippen LogP contribution in [0.25, 0.3) is 70.7 Å². The molecule has 106 heavy (non-hydrogen) atoms. The molecule has 0 bridgehead atoms. The molecule has 9 aromatic heterocycles. The zero-order valence-corrected chi connectivity index (χ0v) is 58.8. The Bertz CT molecular complexity index is 5630. The maximum atomic E-state index is 14.9. The van der Waals surface area contributed by atoms with E-state index < -0.39 is 88.1 Å². The summed E-state index contributed by atoms with van der Waals surface area (Å²) in [5.41, 5.74) is 42.0. The van der Waals surface area contributed by atoms with Gasteiger partial charge in [0.1, 0.15) is 113 Å². The Kier molecular flexibility index (Phi) is 18.7. The molecule has 4 aliphatic rings. The van der Waals surface area contributed by atoms with E-state index in [4.69, 9.17) is 91.0 Å². The number of aromatic nitrogens is 12. The Balaban J connectivity index is 0.000000134. The molecule has 12 aromatic rings. The maximum Gasteiger partial charge on any atom is 0.262 e. The molecular weight excluding hydrogens is 1430 g/mol. The van der Waals surface area contributed by atoms with Gasteiger partial charge in [-0.25, -0.2) is 64.6 Å². The number of benzene rings is 3. The van der Waals surface area contributed by atoms with Crippen LogP contribution in [-0.2, 0) is 33.5 Å². The lowest BCUT2D eigenvalue weighted by Gasteiger charge is -2.29. The molecule has 1 aliphatic heterocycles. The number of primary amides is 1. The Morgan fingerprint density at radius 1 is 0.557 bits per heavy atom. The summed E-state index contributed by atoms with van der Waals surface area (Å²) in [5, 5.41) is 57.5. The topological polar surface area (TPSA) is 458 Å². The number of anilines is 6. The maximum absolute atomic E-state index is 14.9. The number of nitrogen functional groups attached to an aromatic ring is 6. The van der Waals surface area contributed by atoms with Gasteiger partial charge >= 0.3 is 0 Å². The van der Waals surface area contributed by atoms with Gasteiger partial charge in [0, 0.05) is 41.2 Å². The van der Waals surface area contributed by atoms with Crippen molar-refractivity contribution in [2.45, 2.75) is 138 Å². The minimum absolute atomic E-state index is 0.0508. The highest BCUT2D eigenvalue weighted by atomic mass is 35.5. The number of nitrogens with two attached hydrogens (primary N) is 7. The van der Waals surface area contributed by atoms with E-state index >= 15 is 0 Å². The lowest BCUT2D eigenvalue weighted by molar-refractivity contribution is -0.165. The van der Waals surface area contributed by atoms with Gasteiger partial charge < -0.3 is 88.6 Å². The first kappa shape index (κ1) is 72.4. The summed E-state index contributed by atoms with van der Waals surface area (Å²) >= 11 is 17.9. The number of fused-ring (bicyclic) bond motifs is 7. The highest BCUT2D eigenvalue weighted by molar-refractivity contribution is 6.34. The van der Waals surface area contributed by atoms with Gasteiger partial charge in [-0.1, -0.05) is 34.8 Å². The van der Waals surface area contributed by atoms with E-state index in [0.29, 0.717) is 97.2 Å². The molecule has 16 rings (SSSR count). The summed E-state index contributed by atoms with van der Waals surface area (Å²) < 4.78 is 62.4. The highest BCUT2D eigenvalue weighted by Gasteiger charge is 2.63. The predicted octanol–water partition coefficient (Wildman–Crippen LogP) is 9.15. The average molecular weight is 1500 g/mol. The number of ether oxygens (including phenoxy) is 2. The number of aliphatic hydroxyl groups is 4. The first-order chi connectivity index (χ1) is 50.5. The van der Waals surface area contributed by atoms with Gasteiger partial charge in [-0.05, 0) is 148 Å². The van der Waals surface area contributed by atoms with Gasteiger partial charge in [0.25, 0.3) is 5.54 Å². The van der Waals surface area contributed by atoms with Crippen LogP contribution in [0.4, 0.5) is 48.1 Å². The number of carbonyl (C=O) groups excluding carboxylic acids is 1. The van der Waals surface area contributed by atoms with Crippen molar-refractivity contribution in [1.82, 2.24) is 58.6 Å². The zero-order valence-electron chi connectivity index (χ0n) is 56.5. The number of carbonyl (C=O) groups is 1. The second-order valence-electron chi connectivity index (χ2n) is 27.9. The second-order valence-corrected chi connectivity index (χ2v) is 29.1. The molecule has 546 valence electrons. The van der Waals surface area contributed by atoms with E-state index in [2.05, 4.69) is 55.8 Å². The van der Waals surface area contributed by atoms with Crippen LogP contribution in [0.2, 0.25) is 15.1 Å². The van der Waals surface area contributed by atoms with E-state index in [-0.39, 0.29) is 99.8 Å². The van der Waals surface area contributed by atoms with E-state index in [1.807, 2.05) is 30.7 Å². The van der Waals surface area contributed by atoms with Crippen molar-refractivity contribution in [3.05, 3.63) is 171 Å². The summed E-state index contributed by atoms with van der Waals surface area (Å²) in [4.78, 5) is 53.9. The van der Waals surface area contributed by atoms with Crippen molar-refractivity contribution < 1.29 is 47.9 Å². The van der Waals surface area contributed by atoms with E-state index in [0.717, 1.165) is 5.39 Å². The van der Waals surface area contributed by atoms with Crippen LogP contribution >= 0.6 is 34.8 Å². The Morgan fingerprint density at radius 2 is 0.953 bits per heavy atom. The van der Waals surface area contributed by atoms with Crippen LogP contribution in [0.3, 0.4) is 0 Å². The third-order valence-corrected chi connectivity index (χ3v) is 22.2. The first-order valence-corrected chi connectivity index (χ1v) is 34.6. The van der Waals surface area contributed by atoms with Crippen LogP contribution in [0.1, 0.15) is 87.2 Å². The van der Waals surface area contributed by atoms with Crippen molar-refractivity contribution in [1.29, 1.82) is 5.26 Å². The third kappa shape index (κ3) is 12.6. The molecule has 3 saturated carbocycles. The minimum atomic E-state index is -1.46. The standard InChI is InChI=1S/C26H25ClFN7O2.C23H23ClFN7O3.C23H21ClFN7O2/c1-25(2)36-20-19(35-6-4-14-22(30)32-12-33-24(14)35)10-26(11-29,21(20)37-25)5-3-13-7-17(28)15-9-16(27)23(31)34-18(15)8-13;24-13-7-12-14(25)5-10(6-15(12)31-20(13)27)1-3-23(22(28)35)8-16(17(33)18(23)34)32-4-2-11-19(26)29-9-30-21(11)32;1-28-23(4-2-11-6-15(25)13-8-14(24)21(27)31-16(13)7-11)9-17(18(33)19(23)34)32-5-3-12-20(26)29-10-30-22(12)32/h4,6-9,12,19-21H,3,5,10H2,1-2H3,(H2,31,34)(H2,30,32,33);2,4-7,9,16-18,33-34H,1,3,8H2,(H2,27,31)(H2,28,35)(H2,26,29,30);3,5-8,10,17-19,33-34H,2,4,9H2,(H2,27,31)(H2,26,29,30)/t19-,20+,21+,26+;16-,17+,18+,23-;17-,18+,19+,23-/m111/s1. The summed E-state index contributed by atoms with van der Waals surface area (Å²) in [6, 6.07) is 20.0. The smallest absolute Gasteiger partial charge is 0.262 e. The van der Waals surface area contributed by atoms with Crippen molar-refractivity contribution in [2.24, 2.45) is 16.6 Å². The number of halogens is 6. The molecule has 10 heterocycles. The summed E-state index contributed by atoms with van der Waals surface area (Å²) in [6.07, 6.45) is 5.59. The molecule has 34 heteroatoms. The average Bonchev–Trinajstić information content (AvgIpc) is 1.57. The fourth-order valence-corrected chi connectivity index (χ4v) is 16.2. The summed E-state index contributed by atoms with van der Waals surface area (Å²) in [6.45, 7) is 11.5. The molecule has 3 aliphatic carbocycles. The Morgan fingerprint density at radius 3 is 1.37 bits per heavy atom. The number of nitriles is 1. The molecule has 4 fully saturated rings. The molecule has 28 nitrogen and oxygen atoms in total. The number of rotatable bonds is 13. The molecule has 0 unspecified atom stereocenters. The molecule has 3 aromatic carbocycles. The van der Waals surface area contributed by atoms with Gasteiger partial charge in [-0.3, -0.25) is 4.79 Å². The Hall–Kier alpha value is -10.6. The van der Waals surface area contributed by atoms with Gasteiger partial charge in [0.2, 0.25) is 5.91 Å². The Labute approximate surface area is 615 Å². The van der Waals surface area contributed by atoms with Gasteiger partial charge in [0.05, 0.1) is 95.3 Å². The molecule has 12 atom stereocenters.